The number of hydrogen-bond donors (Lipinski definition) is 5. The van der Waals surface area contributed by atoms with Crippen LogP contribution >= 0.6 is 0 Å². The van der Waals surface area contributed by atoms with Crippen molar-refractivity contribution in [2.24, 2.45) is 0 Å². The molecule has 0 saturated heterocycles. The summed E-state index contributed by atoms with van der Waals surface area (Å²) in [5.41, 5.74) is 6.74. The van der Waals surface area contributed by atoms with Crippen molar-refractivity contribution in [2.45, 2.75) is 45.6 Å². The molecule has 6 rings (SSSR count). The molecule has 0 atom stereocenters. The molecule has 4 aromatic rings. The average Bonchev–Trinajstić information content (AvgIpc) is 2.95. The second kappa shape index (κ2) is 10.8. The second-order valence-corrected chi connectivity index (χ2v) is 9.42. The average molecular weight is 505 g/mol. The Bertz CT molecular complexity index is 1570. The fraction of sp³-hybridized carbons (Fsp3) is 0.357. The molecule has 0 aliphatic carbocycles. The van der Waals surface area contributed by atoms with Gasteiger partial charge in [-0.3, -0.25) is 14.2 Å². The van der Waals surface area contributed by atoms with Gasteiger partial charge in [-0.15, -0.1) is 0 Å². The van der Waals surface area contributed by atoms with Crippen molar-refractivity contribution in [3.8, 4) is 0 Å². The predicted molar refractivity (Wildman–Crippen MR) is 145 cm³/mol. The van der Waals surface area contributed by atoms with E-state index in [2.05, 4.69) is 15.6 Å². The number of ether oxygens (including phenoxy) is 1. The molecule has 9 heteroatoms. The number of anilines is 2. The van der Waals surface area contributed by atoms with E-state index in [9.17, 15) is 14.7 Å². The predicted octanol–water partition coefficient (Wildman–Crippen LogP) is 2.83. The molecule has 2 aliphatic rings. The summed E-state index contributed by atoms with van der Waals surface area (Å²) in [6, 6.07) is 11.4. The minimum atomic E-state index is -0.0401. The van der Waals surface area contributed by atoms with E-state index in [-0.39, 0.29) is 31.1 Å². The number of nitrogens with one attached hydrogen (secondary N) is 3. The first kappa shape index (κ1) is 25.0. The van der Waals surface area contributed by atoms with Gasteiger partial charge in [0.25, 0.3) is 11.1 Å². The molecule has 2 aromatic heterocycles. The lowest BCUT2D eigenvalue weighted by Crippen LogP contribution is -2.29. The van der Waals surface area contributed by atoms with E-state index in [4.69, 9.17) is 9.84 Å². The maximum atomic E-state index is 12.6. The number of aliphatic hydroxyl groups is 2. The van der Waals surface area contributed by atoms with E-state index in [1.807, 2.05) is 36.4 Å². The van der Waals surface area contributed by atoms with Crippen LogP contribution in [0.3, 0.4) is 0 Å². The molecule has 194 valence electrons. The van der Waals surface area contributed by atoms with Gasteiger partial charge >= 0.3 is 0 Å². The molecule has 37 heavy (non-hydrogen) atoms. The van der Waals surface area contributed by atoms with Crippen LogP contribution in [0.15, 0.2) is 46.0 Å². The SMILES string of the molecule is COCn1c(=O)c2c(c3ccc(CO)cc31)NCCC2.O=c1[nH]c2cc(CO)ccc2c2c1CCCN2. The Morgan fingerprint density at radius 3 is 2.16 bits per heavy atom. The van der Waals surface area contributed by atoms with Gasteiger partial charge in [-0.2, -0.15) is 0 Å². The highest BCUT2D eigenvalue weighted by Gasteiger charge is 2.19. The van der Waals surface area contributed by atoms with Crippen LogP contribution in [0.25, 0.3) is 21.8 Å². The van der Waals surface area contributed by atoms with E-state index >= 15 is 0 Å². The van der Waals surface area contributed by atoms with Crippen molar-refractivity contribution in [1.82, 2.24) is 9.55 Å². The number of hydrogen-bond acceptors (Lipinski definition) is 7. The summed E-state index contributed by atoms with van der Waals surface area (Å²) in [6.45, 7) is 1.96. The van der Waals surface area contributed by atoms with Gasteiger partial charge in [-0.05, 0) is 48.9 Å². The van der Waals surface area contributed by atoms with Crippen molar-refractivity contribution in [2.75, 3.05) is 30.8 Å². The number of rotatable bonds is 4. The molecule has 2 aromatic carbocycles. The molecule has 9 nitrogen and oxygen atoms in total. The van der Waals surface area contributed by atoms with Crippen LogP contribution in [0.1, 0.15) is 35.1 Å². The third-order valence-corrected chi connectivity index (χ3v) is 7.04. The summed E-state index contributed by atoms with van der Waals surface area (Å²) in [5.74, 6) is 0. The number of nitrogens with zero attached hydrogens (tertiary/aromatic N) is 1. The summed E-state index contributed by atoms with van der Waals surface area (Å²) < 4.78 is 6.80. The summed E-state index contributed by atoms with van der Waals surface area (Å²) >= 11 is 0. The molecule has 0 amide bonds. The van der Waals surface area contributed by atoms with Gasteiger partial charge in [0.1, 0.15) is 6.73 Å². The Hall–Kier alpha value is -3.66. The maximum absolute atomic E-state index is 12.6. The largest absolute Gasteiger partial charge is 0.392 e. The zero-order valence-corrected chi connectivity index (χ0v) is 20.9. The highest BCUT2D eigenvalue weighted by atomic mass is 16.5. The molecular formula is C28H32N4O5. The highest BCUT2D eigenvalue weighted by molar-refractivity contribution is 5.94. The molecule has 0 unspecified atom stereocenters. The number of aromatic amines is 1. The molecular weight excluding hydrogens is 472 g/mol. The van der Waals surface area contributed by atoms with Gasteiger partial charge in [-0.1, -0.05) is 24.3 Å². The zero-order chi connectivity index (χ0) is 25.9. The molecule has 0 fully saturated rings. The highest BCUT2D eigenvalue weighted by Crippen LogP contribution is 2.30. The number of pyridine rings is 2. The van der Waals surface area contributed by atoms with E-state index < -0.39 is 0 Å². The number of methoxy groups -OCH3 is 1. The molecule has 0 radical (unpaired) electrons. The van der Waals surface area contributed by atoms with Crippen LogP contribution in [0.2, 0.25) is 0 Å². The topological polar surface area (TPSA) is 129 Å². The minimum Gasteiger partial charge on any atom is -0.392 e. The van der Waals surface area contributed by atoms with E-state index in [1.54, 1.807) is 11.7 Å². The molecule has 2 aliphatic heterocycles. The van der Waals surface area contributed by atoms with Crippen molar-refractivity contribution in [3.63, 3.8) is 0 Å². The number of benzene rings is 2. The van der Waals surface area contributed by atoms with Gasteiger partial charge in [0.05, 0.1) is 35.6 Å². The van der Waals surface area contributed by atoms with Crippen LogP contribution in [0.4, 0.5) is 11.4 Å². The first-order chi connectivity index (χ1) is 18.0. The Labute approximate surface area is 213 Å². The van der Waals surface area contributed by atoms with Crippen molar-refractivity contribution >= 4 is 33.2 Å². The first-order valence-electron chi connectivity index (χ1n) is 12.6. The quantitative estimate of drug-likeness (QED) is 0.289. The molecule has 0 bridgehead atoms. The molecule has 0 spiro atoms. The summed E-state index contributed by atoms with van der Waals surface area (Å²) in [4.78, 5) is 27.4. The van der Waals surface area contributed by atoms with Crippen molar-refractivity contribution in [1.29, 1.82) is 0 Å². The third-order valence-electron chi connectivity index (χ3n) is 7.04. The smallest absolute Gasteiger partial charge is 0.258 e. The monoisotopic (exact) mass is 504 g/mol. The van der Waals surface area contributed by atoms with Crippen LogP contribution in [0.5, 0.6) is 0 Å². The lowest BCUT2D eigenvalue weighted by Gasteiger charge is -2.22. The van der Waals surface area contributed by atoms with Gasteiger partial charge in [-0.25, -0.2) is 0 Å². The minimum absolute atomic E-state index is 0.00311. The van der Waals surface area contributed by atoms with Crippen LogP contribution < -0.4 is 21.8 Å². The normalized spacial score (nSPS) is 14.2. The summed E-state index contributed by atoms with van der Waals surface area (Å²) in [5, 5.41) is 27.1. The molecule has 0 saturated carbocycles. The lowest BCUT2D eigenvalue weighted by molar-refractivity contribution is 0.131. The number of H-pyrrole nitrogens is 1. The Kier molecular flexibility index (Phi) is 7.27. The Morgan fingerprint density at radius 1 is 0.865 bits per heavy atom. The number of aromatic nitrogens is 2. The lowest BCUT2D eigenvalue weighted by atomic mass is 10.00. The van der Waals surface area contributed by atoms with Crippen LogP contribution in [-0.4, -0.2) is 40.0 Å². The summed E-state index contributed by atoms with van der Waals surface area (Å²) in [7, 11) is 1.58. The van der Waals surface area contributed by atoms with E-state index in [0.717, 1.165) is 94.2 Å². The van der Waals surface area contributed by atoms with Gasteiger partial charge in [0, 0.05) is 42.1 Å². The first-order valence-corrected chi connectivity index (χ1v) is 12.6. The maximum Gasteiger partial charge on any atom is 0.258 e. The van der Waals surface area contributed by atoms with Gasteiger partial charge in [0.15, 0.2) is 0 Å². The Balaban J connectivity index is 0.000000153. The fourth-order valence-electron chi connectivity index (χ4n) is 5.23. The van der Waals surface area contributed by atoms with Gasteiger partial charge < -0.3 is 30.6 Å². The van der Waals surface area contributed by atoms with Crippen LogP contribution in [0, 0.1) is 0 Å². The van der Waals surface area contributed by atoms with Crippen LogP contribution in [-0.2, 0) is 37.5 Å². The van der Waals surface area contributed by atoms with E-state index in [1.165, 1.54) is 0 Å². The molecule has 5 N–H and O–H groups in total. The number of fused-ring (bicyclic) bond motifs is 6. The summed E-state index contributed by atoms with van der Waals surface area (Å²) in [6.07, 6.45) is 3.59. The number of aliphatic hydroxyl groups excluding tert-OH is 2. The van der Waals surface area contributed by atoms with E-state index in [0.29, 0.717) is 0 Å². The Morgan fingerprint density at radius 2 is 1.49 bits per heavy atom. The van der Waals surface area contributed by atoms with Gasteiger partial charge in [0.2, 0.25) is 0 Å². The standard InChI is InChI=1S/C15H18N2O3.C13H14N2O2/c1-20-9-17-13-7-10(8-18)4-5-11(13)14-12(15(17)19)3-2-6-16-14;16-7-8-3-4-9-11(6-8)15-13(17)10-2-1-5-14-12(9)10/h4-5,7,16,18H,2-3,6,8-9H2,1H3;3-4,6,14,16H,1-2,5,7H2,(H,15,17). The molecule has 4 heterocycles. The van der Waals surface area contributed by atoms with Crippen molar-refractivity contribution < 1.29 is 14.9 Å². The zero-order valence-electron chi connectivity index (χ0n) is 20.9. The fourth-order valence-corrected chi connectivity index (χ4v) is 5.23. The third kappa shape index (κ3) is 4.73. The van der Waals surface area contributed by atoms with Crippen molar-refractivity contribution in [3.05, 3.63) is 79.4 Å². The second-order valence-electron chi connectivity index (χ2n) is 9.42.